The maximum Gasteiger partial charge on any atom is 0.277 e. The largest absolute Gasteiger partial charge is 0.322 e. The number of nitrogens with one attached hydrogen (secondary N) is 1. The van der Waals surface area contributed by atoms with Gasteiger partial charge in [0.05, 0.1) is 17.8 Å². The molecule has 2 amide bonds. The van der Waals surface area contributed by atoms with Crippen molar-refractivity contribution in [3.05, 3.63) is 69.8 Å². The van der Waals surface area contributed by atoms with Crippen molar-refractivity contribution in [2.24, 2.45) is 0 Å². The van der Waals surface area contributed by atoms with Gasteiger partial charge in [0.2, 0.25) is 0 Å². The summed E-state index contributed by atoms with van der Waals surface area (Å²) in [7, 11) is 0. The standard InChI is InChI=1S/C22H22ClN5O2/c1-12-7-17(5-6-19(12)23)27-11-15(4)28-20(22(27)30)18(10-24-28)21(29)26-16-8-13(2)25-14(3)9-16/h5-10,15H,11H2,1-4H3,(H,25,26,29)/t15-/m0/s1. The first-order chi connectivity index (χ1) is 14.2. The first-order valence-electron chi connectivity index (χ1n) is 9.66. The molecule has 0 radical (unpaired) electrons. The number of fused-ring (bicyclic) bond motifs is 1. The zero-order chi connectivity index (χ0) is 21.6. The number of halogens is 1. The molecule has 2 aromatic heterocycles. The predicted octanol–water partition coefficient (Wildman–Crippen LogP) is 4.33. The average molecular weight is 424 g/mol. The van der Waals surface area contributed by atoms with Crippen molar-refractivity contribution < 1.29 is 9.59 Å². The van der Waals surface area contributed by atoms with E-state index in [0.717, 1.165) is 22.6 Å². The molecule has 3 heterocycles. The van der Waals surface area contributed by atoms with Gasteiger partial charge < -0.3 is 10.2 Å². The van der Waals surface area contributed by atoms with E-state index in [1.807, 2.05) is 39.8 Å². The highest BCUT2D eigenvalue weighted by Crippen LogP contribution is 2.30. The van der Waals surface area contributed by atoms with Crippen molar-refractivity contribution in [1.29, 1.82) is 0 Å². The highest BCUT2D eigenvalue weighted by Gasteiger charge is 2.35. The summed E-state index contributed by atoms with van der Waals surface area (Å²) < 4.78 is 1.62. The highest BCUT2D eigenvalue weighted by molar-refractivity contribution is 6.31. The molecule has 0 aliphatic carbocycles. The molecule has 0 unspecified atom stereocenters. The predicted molar refractivity (Wildman–Crippen MR) is 116 cm³/mol. The van der Waals surface area contributed by atoms with E-state index in [1.165, 1.54) is 6.20 Å². The number of pyridine rings is 1. The van der Waals surface area contributed by atoms with E-state index in [1.54, 1.807) is 27.8 Å². The van der Waals surface area contributed by atoms with E-state index in [4.69, 9.17) is 11.6 Å². The minimum Gasteiger partial charge on any atom is -0.322 e. The molecule has 7 nitrogen and oxygen atoms in total. The van der Waals surface area contributed by atoms with Gasteiger partial charge in [-0.15, -0.1) is 0 Å². The Balaban J connectivity index is 1.69. The molecule has 30 heavy (non-hydrogen) atoms. The second-order valence-electron chi connectivity index (χ2n) is 7.64. The third-order valence-corrected chi connectivity index (χ3v) is 5.57. The lowest BCUT2D eigenvalue weighted by atomic mass is 10.1. The van der Waals surface area contributed by atoms with Gasteiger partial charge in [0.1, 0.15) is 5.69 Å². The second-order valence-corrected chi connectivity index (χ2v) is 8.05. The number of anilines is 2. The number of amides is 2. The van der Waals surface area contributed by atoms with Crippen LogP contribution in [-0.2, 0) is 0 Å². The summed E-state index contributed by atoms with van der Waals surface area (Å²) in [4.78, 5) is 32.3. The topological polar surface area (TPSA) is 80.1 Å². The Morgan fingerprint density at radius 2 is 1.87 bits per heavy atom. The summed E-state index contributed by atoms with van der Waals surface area (Å²) in [5, 5.41) is 7.83. The van der Waals surface area contributed by atoms with Crippen LogP contribution in [0.4, 0.5) is 11.4 Å². The van der Waals surface area contributed by atoms with E-state index in [9.17, 15) is 9.59 Å². The fraction of sp³-hybridized carbons (Fsp3) is 0.273. The molecule has 0 saturated heterocycles. The van der Waals surface area contributed by atoms with Gasteiger partial charge in [-0.3, -0.25) is 19.3 Å². The van der Waals surface area contributed by atoms with E-state index in [2.05, 4.69) is 15.4 Å². The van der Waals surface area contributed by atoms with E-state index in [-0.39, 0.29) is 29.1 Å². The maximum absolute atomic E-state index is 13.3. The fourth-order valence-corrected chi connectivity index (χ4v) is 3.87. The minimum absolute atomic E-state index is 0.0827. The lowest BCUT2D eigenvalue weighted by molar-refractivity contribution is 0.0939. The number of carbonyl (C=O) groups excluding carboxylic acids is 2. The van der Waals surface area contributed by atoms with Crippen molar-refractivity contribution >= 4 is 34.8 Å². The minimum atomic E-state index is -0.379. The first-order valence-corrected chi connectivity index (χ1v) is 10.0. The van der Waals surface area contributed by atoms with Crippen LogP contribution in [0.15, 0.2) is 36.5 Å². The van der Waals surface area contributed by atoms with Crippen molar-refractivity contribution in [3.8, 4) is 0 Å². The van der Waals surface area contributed by atoms with Crippen molar-refractivity contribution in [3.63, 3.8) is 0 Å². The second kappa shape index (κ2) is 7.57. The number of carbonyl (C=O) groups is 2. The lowest BCUT2D eigenvalue weighted by Crippen LogP contribution is -2.43. The monoisotopic (exact) mass is 423 g/mol. The highest BCUT2D eigenvalue weighted by atomic mass is 35.5. The van der Waals surface area contributed by atoms with Crippen LogP contribution in [0.2, 0.25) is 5.02 Å². The maximum atomic E-state index is 13.3. The first kappa shape index (κ1) is 20.1. The molecule has 0 saturated carbocycles. The molecule has 0 spiro atoms. The molecule has 1 aromatic carbocycles. The van der Waals surface area contributed by atoms with Crippen LogP contribution in [0.3, 0.4) is 0 Å². The number of aryl methyl sites for hydroxylation is 3. The SMILES string of the molecule is Cc1cc(NC(=O)c2cnn3c2C(=O)N(c2ccc(Cl)c(C)c2)C[C@@H]3C)cc(C)n1. The van der Waals surface area contributed by atoms with Crippen LogP contribution in [0, 0.1) is 20.8 Å². The number of hydrogen-bond donors (Lipinski definition) is 1. The third-order valence-electron chi connectivity index (χ3n) is 5.14. The summed E-state index contributed by atoms with van der Waals surface area (Å²) in [6, 6.07) is 8.95. The average Bonchev–Trinajstić information content (AvgIpc) is 3.12. The Labute approximate surface area is 179 Å². The Hall–Kier alpha value is -3.19. The van der Waals surface area contributed by atoms with E-state index in [0.29, 0.717) is 17.3 Å². The Kier molecular flexibility index (Phi) is 5.07. The van der Waals surface area contributed by atoms with Crippen LogP contribution >= 0.6 is 11.6 Å². The van der Waals surface area contributed by atoms with Crippen LogP contribution in [0.25, 0.3) is 0 Å². The van der Waals surface area contributed by atoms with E-state index >= 15 is 0 Å². The summed E-state index contributed by atoms with van der Waals surface area (Å²) in [6.45, 7) is 8.04. The Morgan fingerprint density at radius 3 is 2.53 bits per heavy atom. The number of rotatable bonds is 3. The van der Waals surface area contributed by atoms with Gasteiger partial charge in [0.15, 0.2) is 0 Å². The summed E-state index contributed by atoms with van der Waals surface area (Å²) in [5.74, 6) is -0.643. The van der Waals surface area contributed by atoms with Crippen LogP contribution in [0.5, 0.6) is 0 Å². The van der Waals surface area contributed by atoms with Crippen LogP contribution < -0.4 is 10.2 Å². The van der Waals surface area contributed by atoms with Gasteiger partial charge in [0, 0.05) is 34.3 Å². The quantitative estimate of drug-likeness (QED) is 0.679. The van der Waals surface area contributed by atoms with Crippen LogP contribution in [0.1, 0.15) is 50.8 Å². The molecule has 1 N–H and O–H groups in total. The molecule has 0 fully saturated rings. The number of nitrogens with zero attached hydrogens (tertiary/aromatic N) is 4. The number of aromatic nitrogens is 3. The molecule has 4 rings (SSSR count). The molecular weight excluding hydrogens is 402 g/mol. The number of hydrogen-bond acceptors (Lipinski definition) is 4. The van der Waals surface area contributed by atoms with E-state index < -0.39 is 0 Å². The molecular formula is C22H22ClN5O2. The molecule has 1 aliphatic heterocycles. The molecule has 3 aromatic rings. The molecule has 1 atom stereocenters. The van der Waals surface area contributed by atoms with Gasteiger partial charge in [-0.25, -0.2) is 0 Å². The number of benzene rings is 1. The summed E-state index contributed by atoms with van der Waals surface area (Å²) in [6.07, 6.45) is 1.45. The van der Waals surface area contributed by atoms with Crippen molar-refractivity contribution in [1.82, 2.24) is 14.8 Å². The third kappa shape index (κ3) is 3.57. The normalized spacial score (nSPS) is 15.8. The molecule has 1 aliphatic rings. The van der Waals surface area contributed by atoms with Crippen molar-refractivity contribution in [2.75, 3.05) is 16.8 Å². The zero-order valence-corrected chi connectivity index (χ0v) is 18.0. The Bertz CT molecular complexity index is 1150. The zero-order valence-electron chi connectivity index (χ0n) is 17.2. The summed E-state index contributed by atoms with van der Waals surface area (Å²) in [5.41, 5.74) is 4.39. The van der Waals surface area contributed by atoms with Gasteiger partial charge in [-0.05, 0) is 63.6 Å². The fourth-order valence-electron chi connectivity index (χ4n) is 3.75. The van der Waals surface area contributed by atoms with Gasteiger partial charge in [-0.2, -0.15) is 5.10 Å². The Morgan fingerprint density at radius 1 is 1.17 bits per heavy atom. The summed E-state index contributed by atoms with van der Waals surface area (Å²) >= 11 is 6.14. The molecule has 0 bridgehead atoms. The van der Waals surface area contributed by atoms with Gasteiger partial charge in [0.25, 0.3) is 11.8 Å². The lowest BCUT2D eigenvalue weighted by Gasteiger charge is -2.32. The van der Waals surface area contributed by atoms with Crippen molar-refractivity contribution in [2.45, 2.75) is 33.7 Å². The molecule has 8 heteroatoms. The smallest absolute Gasteiger partial charge is 0.277 e. The van der Waals surface area contributed by atoms with Gasteiger partial charge >= 0.3 is 0 Å². The van der Waals surface area contributed by atoms with Crippen LogP contribution in [-0.4, -0.2) is 33.1 Å². The molecule has 154 valence electrons. The van der Waals surface area contributed by atoms with Gasteiger partial charge in [-0.1, -0.05) is 11.6 Å².